The van der Waals surface area contributed by atoms with Gasteiger partial charge in [0, 0.05) is 37.4 Å². The van der Waals surface area contributed by atoms with Crippen LogP contribution in [0.5, 0.6) is 0 Å². The molecule has 0 radical (unpaired) electrons. The zero-order valence-corrected chi connectivity index (χ0v) is 9.92. The summed E-state index contributed by atoms with van der Waals surface area (Å²) in [6, 6.07) is 5.35. The number of carbonyl (C=O) groups is 1. The van der Waals surface area contributed by atoms with E-state index in [2.05, 4.69) is 0 Å². The molecule has 0 spiro atoms. The highest BCUT2D eigenvalue weighted by molar-refractivity contribution is 5.96. The van der Waals surface area contributed by atoms with Crippen LogP contribution >= 0.6 is 0 Å². The van der Waals surface area contributed by atoms with Gasteiger partial charge in [0.05, 0.1) is 11.4 Å². The SMILES string of the molecule is CC(=O)c1ccc(N2C=CN(C)C=C2)c(N)c1. The number of hydrogen-bond acceptors (Lipinski definition) is 4. The van der Waals surface area contributed by atoms with Crippen LogP contribution in [-0.4, -0.2) is 17.7 Å². The minimum Gasteiger partial charge on any atom is -0.397 e. The number of hydrogen-bond donors (Lipinski definition) is 1. The molecule has 0 aromatic heterocycles. The summed E-state index contributed by atoms with van der Waals surface area (Å²) in [5.41, 5.74) is 8.05. The second-order valence-corrected chi connectivity index (χ2v) is 4.00. The molecule has 0 saturated carbocycles. The van der Waals surface area contributed by atoms with Gasteiger partial charge in [-0.1, -0.05) is 0 Å². The van der Waals surface area contributed by atoms with E-state index in [1.165, 1.54) is 6.92 Å². The maximum atomic E-state index is 11.2. The number of nitrogen functional groups attached to an aromatic ring is 1. The third kappa shape index (κ3) is 2.30. The fourth-order valence-corrected chi connectivity index (χ4v) is 1.62. The molecule has 0 fully saturated rings. The van der Waals surface area contributed by atoms with E-state index in [1.54, 1.807) is 12.1 Å². The molecule has 0 bridgehead atoms. The monoisotopic (exact) mass is 229 g/mol. The van der Waals surface area contributed by atoms with E-state index in [1.807, 2.05) is 47.7 Å². The lowest BCUT2D eigenvalue weighted by atomic mass is 10.1. The van der Waals surface area contributed by atoms with Crippen LogP contribution in [0.3, 0.4) is 0 Å². The first-order chi connectivity index (χ1) is 8.08. The van der Waals surface area contributed by atoms with Crippen molar-refractivity contribution in [3.63, 3.8) is 0 Å². The quantitative estimate of drug-likeness (QED) is 0.623. The fourth-order valence-electron chi connectivity index (χ4n) is 1.62. The van der Waals surface area contributed by atoms with Gasteiger partial charge in [-0.05, 0) is 25.1 Å². The van der Waals surface area contributed by atoms with Crippen molar-refractivity contribution in [2.45, 2.75) is 6.92 Å². The van der Waals surface area contributed by atoms with E-state index in [-0.39, 0.29) is 5.78 Å². The largest absolute Gasteiger partial charge is 0.397 e. The van der Waals surface area contributed by atoms with Crippen LogP contribution in [0, 0.1) is 0 Å². The summed E-state index contributed by atoms with van der Waals surface area (Å²) in [5, 5.41) is 0. The zero-order valence-electron chi connectivity index (χ0n) is 9.92. The molecule has 2 rings (SSSR count). The lowest BCUT2D eigenvalue weighted by molar-refractivity contribution is 0.101. The van der Waals surface area contributed by atoms with Crippen LogP contribution in [0.1, 0.15) is 17.3 Å². The van der Waals surface area contributed by atoms with Crippen LogP contribution in [-0.2, 0) is 0 Å². The van der Waals surface area contributed by atoms with Crippen molar-refractivity contribution in [2.24, 2.45) is 0 Å². The number of rotatable bonds is 2. The number of nitrogens with two attached hydrogens (primary N) is 1. The van der Waals surface area contributed by atoms with Crippen molar-refractivity contribution < 1.29 is 4.79 Å². The lowest BCUT2D eigenvalue weighted by Gasteiger charge is -2.23. The first-order valence-electron chi connectivity index (χ1n) is 5.35. The Morgan fingerprint density at radius 3 is 2.35 bits per heavy atom. The molecule has 0 unspecified atom stereocenters. The van der Waals surface area contributed by atoms with Gasteiger partial charge in [0.25, 0.3) is 0 Å². The number of ketones is 1. The van der Waals surface area contributed by atoms with Gasteiger partial charge in [0.1, 0.15) is 0 Å². The average molecular weight is 229 g/mol. The second kappa shape index (κ2) is 4.33. The number of carbonyl (C=O) groups excluding carboxylic acids is 1. The summed E-state index contributed by atoms with van der Waals surface area (Å²) >= 11 is 0. The molecule has 1 aliphatic rings. The second-order valence-electron chi connectivity index (χ2n) is 4.00. The van der Waals surface area contributed by atoms with Crippen molar-refractivity contribution in [3.8, 4) is 0 Å². The van der Waals surface area contributed by atoms with Gasteiger partial charge in [0.2, 0.25) is 0 Å². The Morgan fingerprint density at radius 1 is 1.18 bits per heavy atom. The van der Waals surface area contributed by atoms with Crippen LogP contribution in [0.25, 0.3) is 0 Å². The lowest BCUT2D eigenvalue weighted by Crippen LogP contribution is -2.17. The standard InChI is InChI=1S/C13H15N3O/c1-10(17)11-3-4-13(12(14)9-11)16-7-5-15(2)6-8-16/h3-9H,14H2,1-2H3. The van der Waals surface area contributed by atoms with Crippen LogP contribution < -0.4 is 10.6 Å². The number of benzene rings is 1. The molecule has 88 valence electrons. The maximum absolute atomic E-state index is 11.2. The van der Waals surface area contributed by atoms with E-state index < -0.39 is 0 Å². The molecule has 17 heavy (non-hydrogen) atoms. The Labute approximate surface area is 101 Å². The highest BCUT2D eigenvalue weighted by atomic mass is 16.1. The first kappa shape index (κ1) is 11.3. The van der Waals surface area contributed by atoms with Gasteiger partial charge in [0.15, 0.2) is 5.78 Å². The molecular formula is C13H15N3O. The molecule has 1 heterocycles. The van der Waals surface area contributed by atoms with E-state index >= 15 is 0 Å². The highest BCUT2D eigenvalue weighted by Gasteiger charge is 2.09. The van der Waals surface area contributed by atoms with Gasteiger partial charge in [-0.15, -0.1) is 0 Å². The Hall–Kier alpha value is -2.23. The molecule has 4 nitrogen and oxygen atoms in total. The molecule has 0 amide bonds. The molecular weight excluding hydrogens is 214 g/mol. The Kier molecular flexibility index (Phi) is 2.87. The van der Waals surface area contributed by atoms with Crippen LogP contribution in [0.2, 0.25) is 0 Å². The molecule has 0 saturated heterocycles. The summed E-state index contributed by atoms with van der Waals surface area (Å²) in [6.07, 6.45) is 7.69. The van der Waals surface area contributed by atoms with Crippen molar-refractivity contribution in [2.75, 3.05) is 17.7 Å². The zero-order chi connectivity index (χ0) is 12.4. The minimum atomic E-state index is 0.0210. The topological polar surface area (TPSA) is 49.6 Å². The van der Waals surface area contributed by atoms with E-state index in [0.29, 0.717) is 11.3 Å². The van der Waals surface area contributed by atoms with Crippen molar-refractivity contribution >= 4 is 17.2 Å². The van der Waals surface area contributed by atoms with Gasteiger partial charge >= 0.3 is 0 Å². The Balaban J connectivity index is 2.31. The molecule has 2 N–H and O–H groups in total. The van der Waals surface area contributed by atoms with Gasteiger partial charge in [-0.3, -0.25) is 4.79 Å². The van der Waals surface area contributed by atoms with E-state index in [4.69, 9.17) is 5.73 Å². The van der Waals surface area contributed by atoms with Gasteiger partial charge < -0.3 is 15.5 Å². The first-order valence-corrected chi connectivity index (χ1v) is 5.35. The third-order valence-electron chi connectivity index (χ3n) is 2.64. The van der Waals surface area contributed by atoms with Crippen molar-refractivity contribution in [1.29, 1.82) is 0 Å². The third-order valence-corrected chi connectivity index (χ3v) is 2.64. The van der Waals surface area contributed by atoms with Crippen molar-refractivity contribution in [3.05, 3.63) is 48.6 Å². The molecule has 1 aromatic carbocycles. The highest BCUT2D eigenvalue weighted by Crippen LogP contribution is 2.26. The molecule has 1 aliphatic heterocycles. The van der Waals surface area contributed by atoms with Crippen LogP contribution in [0.15, 0.2) is 43.0 Å². The fraction of sp³-hybridized carbons (Fsp3) is 0.154. The summed E-state index contributed by atoms with van der Waals surface area (Å²) in [6.45, 7) is 1.53. The maximum Gasteiger partial charge on any atom is 0.159 e. The molecule has 1 aromatic rings. The number of nitrogens with zero attached hydrogens (tertiary/aromatic N) is 2. The molecule has 4 heteroatoms. The van der Waals surface area contributed by atoms with Gasteiger partial charge in [-0.25, -0.2) is 0 Å². The average Bonchev–Trinajstić information content (AvgIpc) is 2.30. The number of anilines is 2. The predicted octanol–water partition coefficient (Wildman–Crippen LogP) is 2.17. The Morgan fingerprint density at radius 2 is 1.82 bits per heavy atom. The number of Topliss-reactive ketones (excluding diaryl/α,β-unsaturated/α-hetero) is 1. The van der Waals surface area contributed by atoms with Crippen molar-refractivity contribution in [1.82, 2.24) is 4.90 Å². The summed E-state index contributed by atoms with van der Waals surface area (Å²) in [7, 11) is 1.95. The smallest absolute Gasteiger partial charge is 0.159 e. The van der Waals surface area contributed by atoms with Gasteiger partial charge in [-0.2, -0.15) is 0 Å². The van der Waals surface area contributed by atoms with E-state index in [0.717, 1.165) is 5.69 Å². The summed E-state index contributed by atoms with van der Waals surface area (Å²) < 4.78 is 0. The predicted molar refractivity (Wildman–Crippen MR) is 69.4 cm³/mol. The summed E-state index contributed by atoms with van der Waals surface area (Å²) in [4.78, 5) is 15.1. The van der Waals surface area contributed by atoms with Crippen LogP contribution in [0.4, 0.5) is 11.4 Å². The normalized spacial score (nSPS) is 14.2. The molecule has 0 atom stereocenters. The minimum absolute atomic E-state index is 0.0210. The summed E-state index contributed by atoms with van der Waals surface area (Å²) in [5.74, 6) is 0.0210. The van der Waals surface area contributed by atoms with E-state index in [9.17, 15) is 4.79 Å². The molecule has 0 aliphatic carbocycles. The Bertz CT molecular complexity index is 491.